The molecule has 0 unspecified atom stereocenters. The molecule has 1 fully saturated rings. The molecule has 118 valence electrons. The van der Waals surface area contributed by atoms with Gasteiger partial charge in [-0.25, -0.2) is 0 Å². The number of carbonyl (C=O) groups excluding carboxylic acids is 1. The fraction of sp³-hybridized carbons (Fsp3) is 0.316. The van der Waals surface area contributed by atoms with Gasteiger partial charge >= 0.3 is 0 Å². The molecule has 1 aromatic heterocycles. The molecule has 0 bridgehead atoms. The summed E-state index contributed by atoms with van der Waals surface area (Å²) in [6.07, 6.45) is 6.19. The van der Waals surface area contributed by atoms with Gasteiger partial charge in [-0.3, -0.25) is 4.79 Å². The molecule has 1 saturated heterocycles. The lowest BCUT2D eigenvalue weighted by molar-refractivity contribution is -0.124. The molecule has 0 radical (unpaired) electrons. The molecular formula is C19H20N2O2. The van der Waals surface area contributed by atoms with Gasteiger partial charge in [0.05, 0.1) is 6.26 Å². The van der Waals surface area contributed by atoms with E-state index in [-0.39, 0.29) is 11.3 Å². The number of carbonyl (C=O) groups is 1. The Morgan fingerprint density at radius 1 is 1.22 bits per heavy atom. The first-order chi connectivity index (χ1) is 11.0. The van der Waals surface area contributed by atoms with Gasteiger partial charge in [0.1, 0.15) is 11.4 Å². The topological polar surface area (TPSA) is 45.5 Å². The van der Waals surface area contributed by atoms with Crippen molar-refractivity contribution in [1.29, 1.82) is 0 Å². The normalized spacial score (nSPS) is 25.3. The summed E-state index contributed by atoms with van der Waals surface area (Å²) in [5.41, 5.74) is 1.63. The minimum atomic E-state index is -0.571. The van der Waals surface area contributed by atoms with Crippen molar-refractivity contribution in [3.63, 3.8) is 0 Å². The SMILES string of the molecule is CC1(C)c2ccccc2N2CCC(=O)N[C@@]21/C=C/c1ccco1. The molecule has 1 N–H and O–H groups in total. The number of benzene rings is 1. The zero-order chi connectivity index (χ0) is 16.1. The Hall–Kier alpha value is -2.49. The van der Waals surface area contributed by atoms with Crippen LogP contribution in [0.4, 0.5) is 5.69 Å². The summed E-state index contributed by atoms with van der Waals surface area (Å²) in [6.45, 7) is 5.09. The van der Waals surface area contributed by atoms with Crippen LogP contribution in [-0.2, 0) is 10.2 Å². The first-order valence-electron chi connectivity index (χ1n) is 7.95. The average Bonchev–Trinajstić information content (AvgIpc) is 3.11. The highest BCUT2D eigenvalue weighted by atomic mass is 16.3. The highest BCUT2D eigenvalue weighted by Gasteiger charge is 2.57. The maximum Gasteiger partial charge on any atom is 0.223 e. The number of para-hydroxylation sites is 1. The molecule has 2 aliphatic rings. The second-order valence-corrected chi connectivity index (χ2v) is 6.71. The Morgan fingerprint density at radius 2 is 2.04 bits per heavy atom. The molecule has 0 aliphatic carbocycles. The number of nitrogens with one attached hydrogen (secondary N) is 1. The fourth-order valence-electron chi connectivity index (χ4n) is 3.91. The van der Waals surface area contributed by atoms with Gasteiger partial charge in [0.25, 0.3) is 0 Å². The van der Waals surface area contributed by atoms with E-state index in [0.717, 1.165) is 12.3 Å². The molecule has 2 aliphatic heterocycles. The van der Waals surface area contributed by atoms with E-state index >= 15 is 0 Å². The van der Waals surface area contributed by atoms with Crippen molar-refractivity contribution < 1.29 is 9.21 Å². The lowest BCUT2D eigenvalue weighted by atomic mass is 9.74. The van der Waals surface area contributed by atoms with E-state index in [4.69, 9.17) is 4.42 Å². The Labute approximate surface area is 135 Å². The second-order valence-electron chi connectivity index (χ2n) is 6.71. The van der Waals surface area contributed by atoms with Crippen LogP contribution in [0.3, 0.4) is 0 Å². The number of furan rings is 1. The summed E-state index contributed by atoms with van der Waals surface area (Å²) in [7, 11) is 0. The number of nitrogens with zero attached hydrogens (tertiary/aromatic N) is 1. The number of fused-ring (bicyclic) bond motifs is 3. The summed E-state index contributed by atoms with van der Waals surface area (Å²) in [4.78, 5) is 14.5. The van der Waals surface area contributed by atoms with E-state index in [1.807, 2.05) is 18.2 Å². The van der Waals surface area contributed by atoms with Crippen molar-refractivity contribution in [2.75, 3.05) is 11.4 Å². The molecular weight excluding hydrogens is 288 g/mol. The van der Waals surface area contributed by atoms with Gasteiger partial charge in [0.2, 0.25) is 5.91 Å². The fourth-order valence-corrected chi connectivity index (χ4v) is 3.91. The summed E-state index contributed by atoms with van der Waals surface area (Å²) < 4.78 is 5.42. The van der Waals surface area contributed by atoms with Gasteiger partial charge in [-0.05, 0) is 35.9 Å². The molecule has 4 heteroatoms. The van der Waals surface area contributed by atoms with Crippen LogP contribution < -0.4 is 10.2 Å². The number of anilines is 1. The van der Waals surface area contributed by atoms with E-state index in [1.54, 1.807) is 6.26 Å². The van der Waals surface area contributed by atoms with Crippen LogP contribution in [-0.4, -0.2) is 18.1 Å². The Kier molecular flexibility index (Phi) is 2.92. The van der Waals surface area contributed by atoms with Gasteiger partial charge < -0.3 is 14.6 Å². The van der Waals surface area contributed by atoms with Crippen LogP contribution in [0.15, 0.2) is 53.2 Å². The van der Waals surface area contributed by atoms with E-state index < -0.39 is 5.66 Å². The largest absolute Gasteiger partial charge is 0.465 e. The molecule has 0 saturated carbocycles. The maximum absolute atomic E-state index is 12.2. The molecule has 1 atom stereocenters. The Morgan fingerprint density at radius 3 is 2.83 bits per heavy atom. The van der Waals surface area contributed by atoms with Crippen LogP contribution in [0, 0.1) is 0 Å². The third-order valence-electron chi connectivity index (χ3n) is 5.17. The van der Waals surface area contributed by atoms with Crippen LogP contribution in [0.5, 0.6) is 0 Å². The second kappa shape index (κ2) is 4.75. The first-order valence-corrected chi connectivity index (χ1v) is 7.95. The summed E-state index contributed by atoms with van der Waals surface area (Å²) >= 11 is 0. The Balaban J connectivity index is 1.87. The number of amides is 1. The standard InChI is InChI=1S/C19H20N2O2/c1-18(2)15-7-3-4-8-16(15)21-12-10-17(22)20-19(18,21)11-9-14-6-5-13-23-14/h3-9,11,13H,10,12H2,1-2H3,(H,20,22)/b11-9+/t19-/m0/s1. The molecule has 3 heterocycles. The average molecular weight is 308 g/mol. The smallest absolute Gasteiger partial charge is 0.223 e. The minimum Gasteiger partial charge on any atom is -0.465 e. The van der Waals surface area contributed by atoms with Gasteiger partial charge in [0, 0.05) is 24.1 Å². The summed E-state index contributed by atoms with van der Waals surface area (Å²) in [5, 5.41) is 3.25. The number of hydrogen-bond acceptors (Lipinski definition) is 3. The molecule has 4 rings (SSSR count). The van der Waals surface area contributed by atoms with E-state index in [9.17, 15) is 4.79 Å². The highest BCUT2D eigenvalue weighted by Crippen LogP contribution is 2.52. The summed E-state index contributed by atoms with van der Waals surface area (Å²) in [5.74, 6) is 0.872. The first kappa shape index (κ1) is 14.1. The van der Waals surface area contributed by atoms with Crippen molar-refractivity contribution in [2.24, 2.45) is 0 Å². The van der Waals surface area contributed by atoms with Crippen molar-refractivity contribution >= 4 is 17.7 Å². The van der Waals surface area contributed by atoms with E-state index in [2.05, 4.69) is 54.4 Å². The van der Waals surface area contributed by atoms with E-state index in [1.165, 1.54) is 11.3 Å². The minimum absolute atomic E-state index is 0.0891. The van der Waals surface area contributed by atoms with Gasteiger partial charge in [-0.1, -0.05) is 32.0 Å². The zero-order valence-electron chi connectivity index (χ0n) is 13.4. The van der Waals surface area contributed by atoms with Crippen molar-refractivity contribution in [1.82, 2.24) is 5.32 Å². The third-order valence-corrected chi connectivity index (χ3v) is 5.17. The van der Waals surface area contributed by atoms with Crippen LogP contribution in [0.2, 0.25) is 0 Å². The Bertz CT molecular complexity index is 776. The molecule has 4 nitrogen and oxygen atoms in total. The zero-order valence-corrected chi connectivity index (χ0v) is 13.4. The number of hydrogen-bond donors (Lipinski definition) is 1. The molecule has 1 aromatic carbocycles. The van der Waals surface area contributed by atoms with Crippen LogP contribution in [0.1, 0.15) is 31.6 Å². The highest BCUT2D eigenvalue weighted by molar-refractivity contribution is 5.84. The monoisotopic (exact) mass is 308 g/mol. The van der Waals surface area contributed by atoms with E-state index in [0.29, 0.717) is 6.42 Å². The van der Waals surface area contributed by atoms with Crippen molar-refractivity contribution in [2.45, 2.75) is 31.3 Å². The van der Waals surface area contributed by atoms with Crippen LogP contribution in [0.25, 0.3) is 6.08 Å². The molecule has 1 amide bonds. The quantitative estimate of drug-likeness (QED) is 0.926. The van der Waals surface area contributed by atoms with Crippen molar-refractivity contribution in [3.05, 3.63) is 60.1 Å². The van der Waals surface area contributed by atoms with Crippen LogP contribution >= 0.6 is 0 Å². The van der Waals surface area contributed by atoms with Gasteiger partial charge in [-0.15, -0.1) is 0 Å². The lowest BCUT2D eigenvalue weighted by Gasteiger charge is -2.49. The third kappa shape index (κ3) is 1.87. The van der Waals surface area contributed by atoms with Crippen molar-refractivity contribution in [3.8, 4) is 0 Å². The van der Waals surface area contributed by atoms with Gasteiger partial charge in [0.15, 0.2) is 0 Å². The molecule has 0 spiro atoms. The predicted molar refractivity (Wildman–Crippen MR) is 90.0 cm³/mol. The lowest BCUT2D eigenvalue weighted by Crippen LogP contribution is -2.68. The number of rotatable bonds is 2. The maximum atomic E-state index is 12.2. The van der Waals surface area contributed by atoms with Gasteiger partial charge in [-0.2, -0.15) is 0 Å². The summed E-state index contributed by atoms with van der Waals surface area (Å²) in [6, 6.07) is 12.2. The molecule has 2 aromatic rings. The molecule has 23 heavy (non-hydrogen) atoms. The predicted octanol–water partition coefficient (Wildman–Crippen LogP) is 3.31.